The van der Waals surface area contributed by atoms with Crippen molar-refractivity contribution in [3.8, 4) is 5.69 Å². The van der Waals surface area contributed by atoms with Crippen LogP contribution in [-0.2, 0) is 4.74 Å². The molecule has 0 radical (unpaired) electrons. The standard InChI is InChI=1S/C18H19Cl2N3O2/c1-11-21-16(22-8-12-5-6-25-10-13(12)9-22)7-17(24)23(11)15-4-2-3-14(19)18(15)20/h2-4,7,12-13H,5-6,8-10H2,1H3. The fourth-order valence-corrected chi connectivity index (χ4v) is 4.19. The average Bonchev–Trinajstić information content (AvgIpc) is 3.02. The van der Waals surface area contributed by atoms with E-state index >= 15 is 0 Å². The van der Waals surface area contributed by atoms with Gasteiger partial charge in [0.2, 0.25) is 0 Å². The summed E-state index contributed by atoms with van der Waals surface area (Å²) in [5.41, 5.74) is 0.400. The largest absolute Gasteiger partial charge is 0.381 e. The molecular weight excluding hydrogens is 361 g/mol. The van der Waals surface area contributed by atoms with Crippen LogP contribution in [0.2, 0.25) is 10.0 Å². The number of aryl methyl sites for hydroxylation is 1. The Bertz CT molecular complexity index is 854. The number of hydrogen-bond donors (Lipinski definition) is 0. The van der Waals surface area contributed by atoms with Gasteiger partial charge in [-0.05, 0) is 31.4 Å². The van der Waals surface area contributed by atoms with Crippen LogP contribution in [0, 0.1) is 18.8 Å². The first-order valence-electron chi connectivity index (χ1n) is 8.42. The van der Waals surface area contributed by atoms with E-state index in [-0.39, 0.29) is 5.56 Å². The second-order valence-corrected chi connectivity index (χ2v) is 7.48. The van der Waals surface area contributed by atoms with Gasteiger partial charge < -0.3 is 9.64 Å². The number of ether oxygens (including phenoxy) is 1. The van der Waals surface area contributed by atoms with E-state index < -0.39 is 0 Å². The lowest BCUT2D eigenvalue weighted by atomic mass is 9.92. The second kappa shape index (κ2) is 6.63. The van der Waals surface area contributed by atoms with Gasteiger partial charge in [-0.3, -0.25) is 9.36 Å². The van der Waals surface area contributed by atoms with Gasteiger partial charge in [-0.15, -0.1) is 0 Å². The van der Waals surface area contributed by atoms with Crippen LogP contribution in [0.5, 0.6) is 0 Å². The van der Waals surface area contributed by atoms with Gasteiger partial charge in [0.15, 0.2) is 0 Å². The number of benzene rings is 1. The number of nitrogens with zero attached hydrogens (tertiary/aromatic N) is 3. The summed E-state index contributed by atoms with van der Waals surface area (Å²) in [5, 5.41) is 0.770. The fourth-order valence-electron chi connectivity index (χ4n) is 3.81. The number of hydrogen-bond acceptors (Lipinski definition) is 4. The molecule has 0 N–H and O–H groups in total. The molecule has 25 heavy (non-hydrogen) atoms. The molecule has 2 aromatic rings. The van der Waals surface area contributed by atoms with E-state index in [9.17, 15) is 4.79 Å². The molecule has 0 saturated carbocycles. The highest BCUT2D eigenvalue weighted by Crippen LogP contribution is 2.32. The summed E-state index contributed by atoms with van der Waals surface area (Å²) in [4.78, 5) is 19.6. The van der Waals surface area contributed by atoms with Crippen molar-refractivity contribution in [2.24, 2.45) is 11.8 Å². The van der Waals surface area contributed by atoms with E-state index in [0.29, 0.717) is 33.4 Å². The highest BCUT2D eigenvalue weighted by Gasteiger charge is 2.35. The molecule has 2 aliphatic rings. The molecule has 2 fully saturated rings. The van der Waals surface area contributed by atoms with E-state index in [2.05, 4.69) is 9.88 Å². The first-order chi connectivity index (χ1) is 12.0. The van der Waals surface area contributed by atoms with Crippen LogP contribution in [0.3, 0.4) is 0 Å². The molecule has 2 saturated heterocycles. The maximum atomic E-state index is 12.8. The number of fused-ring (bicyclic) bond motifs is 1. The Hall–Kier alpha value is -1.56. The van der Waals surface area contributed by atoms with Gasteiger partial charge in [-0.1, -0.05) is 29.3 Å². The molecule has 0 aliphatic carbocycles. The quantitative estimate of drug-likeness (QED) is 0.802. The van der Waals surface area contributed by atoms with Crippen molar-refractivity contribution in [3.63, 3.8) is 0 Å². The molecule has 2 atom stereocenters. The molecule has 132 valence electrons. The predicted molar refractivity (Wildman–Crippen MR) is 99.2 cm³/mol. The van der Waals surface area contributed by atoms with E-state index in [1.165, 1.54) is 4.57 Å². The molecule has 3 heterocycles. The summed E-state index contributed by atoms with van der Waals surface area (Å²) in [6.45, 7) is 5.26. The molecule has 0 amide bonds. The van der Waals surface area contributed by atoms with Crippen LogP contribution in [0.1, 0.15) is 12.2 Å². The zero-order valence-electron chi connectivity index (χ0n) is 13.9. The SMILES string of the molecule is Cc1nc(N2CC3CCOCC3C2)cc(=O)n1-c1cccc(Cl)c1Cl. The second-order valence-electron chi connectivity index (χ2n) is 6.70. The van der Waals surface area contributed by atoms with Gasteiger partial charge in [0.05, 0.1) is 22.3 Å². The van der Waals surface area contributed by atoms with Crippen molar-refractivity contribution in [2.75, 3.05) is 31.2 Å². The topological polar surface area (TPSA) is 47.4 Å². The molecule has 0 spiro atoms. The molecule has 5 nitrogen and oxygen atoms in total. The lowest BCUT2D eigenvalue weighted by Gasteiger charge is -2.23. The minimum atomic E-state index is -0.155. The molecule has 2 unspecified atom stereocenters. The summed E-state index contributed by atoms with van der Waals surface area (Å²) in [5.74, 6) is 2.48. The lowest BCUT2D eigenvalue weighted by Crippen LogP contribution is -2.28. The molecule has 0 bridgehead atoms. The van der Waals surface area contributed by atoms with E-state index in [1.54, 1.807) is 24.3 Å². The normalized spacial score (nSPS) is 22.9. The maximum Gasteiger partial charge on any atom is 0.260 e. The Labute approximate surface area is 156 Å². The van der Waals surface area contributed by atoms with E-state index in [4.69, 9.17) is 27.9 Å². The predicted octanol–water partition coefficient (Wildman–Crippen LogP) is 3.32. The third-order valence-electron chi connectivity index (χ3n) is 5.11. The third-order valence-corrected chi connectivity index (χ3v) is 5.92. The molecular formula is C18H19Cl2N3O2. The average molecular weight is 380 g/mol. The Morgan fingerprint density at radius 3 is 2.80 bits per heavy atom. The van der Waals surface area contributed by atoms with Gasteiger partial charge in [0.25, 0.3) is 5.56 Å². The zero-order valence-corrected chi connectivity index (χ0v) is 15.4. The highest BCUT2D eigenvalue weighted by atomic mass is 35.5. The minimum Gasteiger partial charge on any atom is -0.381 e. The Morgan fingerprint density at radius 2 is 2.04 bits per heavy atom. The molecule has 7 heteroatoms. The fraction of sp³-hybridized carbons (Fsp3) is 0.444. The zero-order chi connectivity index (χ0) is 17.6. The summed E-state index contributed by atoms with van der Waals surface area (Å²) in [6.07, 6.45) is 1.08. The van der Waals surface area contributed by atoms with Crippen LogP contribution in [0.4, 0.5) is 5.82 Å². The lowest BCUT2D eigenvalue weighted by molar-refractivity contribution is 0.0373. The van der Waals surface area contributed by atoms with Crippen molar-refractivity contribution < 1.29 is 4.74 Å². The monoisotopic (exact) mass is 379 g/mol. The van der Waals surface area contributed by atoms with Crippen molar-refractivity contribution in [2.45, 2.75) is 13.3 Å². The van der Waals surface area contributed by atoms with Gasteiger partial charge in [-0.25, -0.2) is 4.98 Å². The maximum absolute atomic E-state index is 12.8. The number of anilines is 1. The van der Waals surface area contributed by atoms with E-state index in [1.807, 2.05) is 6.92 Å². The summed E-state index contributed by atoms with van der Waals surface area (Å²) in [6, 6.07) is 6.83. The Morgan fingerprint density at radius 1 is 1.24 bits per heavy atom. The Kier molecular flexibility index (Phi) is 4.48. The summed E-state index contributed by atoms with van der Waals surface area (Å²) >= 11 is 12.4. The molecule has 1 aromatic carbocycles. The van der Waals surface area contributed by atoms with Crippen molar-refractivity contribution in [1.82, 2.24) is 9.55 Å². The molecule has 2 aliphatic heterocycles. The number of halogens is 2. The Balaban J connectivity index is 1.70. The summed E-state index contributed by atoms with van der Waals surface area (Å²) < 4.78 is 7.08. The van der Waals surface area contributed by atoms with Crippen LogP contribution in [-0.4, -0.2) is 35.9 Å². The smallest absolute Gasteiger partial charge is 0.260 e. The van der Waals surface area contributed by atoms with E-state index in [0.717, 1.165) is 38.5 Å². The van der Waals surface area contributed by atoms with Crippen molar-refractivity contribution >= 4 is 29.0 Å². The van der Waals surface area contributed by atoms with Crippen LogP contribution in [0.15, 0.2) is 29.1 Å². The number of rotatable bonds is 2. The minimum absolute atomic E-state index is 0.155. The van der Waals surface area contributed by atoms with Gasteiger partial charge in [0, 0.05) is 31.7 Å². The van der Waals surface area contributed by atoms with Crippen LogP contribution in [0.25, 0.3) is 5.69 Å². The van der Waals surface area contributed by atoms with Gasteiger partial charge >= 0.3 is 0 Å². The molecule has 1 aromatic heterocycles. The third kappa shape index (κ3) is 3.05. The van der Waals surface area contributed by atoms with Gasteiger partial charge in [-0.2, -0.15) is 0 Å². The molecule has 4 rings (SSSR count). The van der Waals surface area contributed by atoms with Crippen molar-refractivity contribution in [3.05, 3.63) is 50.5 Å². The number of aromatic nitrogens is 2. The van der Waals surface area contributed by atoms with Gasteiger partial charge in [0.1, 0.15) is 11.6 Å². The van der Waals surface area contributed by atoms with Crippen LogP contribution < -0.4 is 10.5 Å². The van der Waals surface area contributed by atoms with Crippen molar-refractivity contribution in [1.29, 1.82) is 0 Å². The van der Waals surface area contributed by atoms with Crippen LogP contribution >= 0.6 is 23.2 Å². The first-order valence-corrected chi connectivity index (χ1v) is 9.18. The summed E-state index contributed by atoms with van der Waals surface area (Å²) in [7, 11) is 0. The first kappa shape index (κ1) is 16.9. The highest BCUT2D eigenvalue weighted by molar-refractivity contribution is 6.43.